The molecule has 0 bridgehead atoms. The first kappa shape index (κ1) is 16.5. The number of aryl methyl sites for hydroxylation is 1. The van der Waals surface area contributed by atoms with E-state index in [0.29, 0.717) is 31.5 Å². The summed E-state index contributed by atoms with van der Waals surface area (Å²) < 4.78 is 26.9. The number of rotatable bonds is 4. The molecule has 0 aliphatic carbocycles. The number of nitrogens with zero attached hydrogens (tertiary/aromatic N) is 2. The summed E-state index contributed by atoms with van der Waals surface area (Å²) in [5.41, 5.74) is 5.01. The number of aromatic nitrogens is 1. The largest absolute Gasteiger partial charge is 0.369 e. The first-order valence-corrected chi connectivity index (χ1v) is 7.37. The number of likely N-dealkylation sites (tertiary alicyclic amines) is 1. The van der Waals surface area contributed by atoms with Crippen molar-refractivity contribution >= 4 is 11.8 Å². The Labute approximate surface area is 128 Å². The first-order valence-electron chi connectivity index (χ1n) is 7.37. The fourth-order valence-electron chi connectivity index (χ4n) is 3.11. The highest BCUT2D eigenvalue weighted by atomic mass is 19.3. The molecule has 0 spiro atoms. The minimum absolute atomic E-state index is 0.0520. The van der Waals surface area contributed by atoms with Gasteiger partial charge in [-0.2, -0.15) is 8.78 Å². The second-order valence-electron chi connectivity index (χ2n) is 5.84. The molecule has 7 heteroatoms. The third-order valence-electron chi connectivity index (χ3n) is 4.60. The standard InChI is InChI=1S/C15H21F2N3O2/c1-3-15(13(18)22)7-4-8-19(9-15)12(21)11-6-5-10(2)20(11)14(16)17/h5-6,14H,3-4,7-9H2,1-2H3,(H2,18,22). The molecule has 1 aliphatic heterocycles. The maximum Gasteiger partial charge on any atom is 0.319 e. The maximum atomic E-state index is 13.1. The second kappa shape index (κ2) is 6.06. The van der Waals surface area contributed by atoms with Crippen molar-refractivity contribution in [3.63, 3.8) is 0 Å². The summed E-state index contributed by atoms with van der Waals surface area (Å²) in [5.74, 6) is -0.917. The highest BCUT2D eigenvalue weighted by Gasteiger charge is 2.41. The molecular formula is C15H21F2N3O2. The molecule has 1 saturated heterocycles. The van der Waals surface area contributed by atoms with Gasteiger partial charge in [-0.25, -0.2) is 0 Å². The van der Waals surface area contributed by atoms with Crippen molar-refractivity contribution in [2.75, 3.05) is 13.1 Å². The monoisotopic (exact) mass is 313 g/mol. The minimum Gasteiger partial charge on any atom is -0.369 e. The Morgan fingerprint density at radius 2 is 2.09 bits per heavy atom. The lowest BCUT2D eigenvalue weighted by Crippen LogP contribution is -2.52. The zero-order valence-electron chi connectivity index (χ0n) is 12.8. The van der Waals surface area contributed by atoms with E-state index >= 15 is 0 Å². The smallest absolute Gasteiger partial charge is 0.319 e. The average Bonchev–Trinajstić information content (AvgIpc) is 2.88. The topological polar surface area (TPSA) is 68.3 Å². The Morgan fingerprint density at radius 1 is 1.41 bits per heavy atom. The Balaban J connectivity index is 2.28. The van der Waals surface area contributed by atoms with Gasteiger partial charge in [0.05, 0.1) is 5.41 Å². The number of hydrogen-bond acceptors (Lipinski definition) is 2. The summed E-state index contributed by atoms with van der Waals surface area (Å²) in [4.78, 5) is 25.8. The van der Waals surface area contributed by atoms with Gasteiger partial charge in [0.25, 0.3) is 5.91 Å². The number of halogens is 2. The van der Waals surface area contributed by atoms with Gasteiger partial charge in [0, 0.05) is 18.8 Å². The van der Waals surface area contributed by atoms with Crippen LogP contribution in [0.4, 0.5) is 8.78 Å². The van der Waals surface area contributed by atoms with Gasteiger partial charge in [-0.3, -0.25) is 14.2 Å². The van der Waals surface area contributed by atoms with Crippen molar-refractivity contribution in [3.8, 4) is 0 Å². The lowest BCUT2D eigenvalue weighted by molar-refractivity contribution is -0.130. The second-order valence-corrected chi connectivity index (χ2v) is 5.84. The molecule has 0 aromatic carbocycles. The number of primary amides is 1. The van der Waals surface area contributed by atoms with Crippen LogP contribution >= 0.6 is 0 Å². The number of alkyl halides is 2. The number of carbonyl (C=O) groups is 2. The van der Waals surface area contributed by atoms with Gasteiger partial charge in [0.1, 0.15) is 5.69 Å². The number of hydrogen-bond donors (Lipinski definition) is 1. The van der Waals surface area contributed by atoms with E-state index in [0.717, 1.165) is 4.57 Å². The van der Waals surface area contributed by atoms with E-state index in [-0.39, 0.29) is 12.2 Å². The zero-order chi connectivity index (χ0) is 16.5. The van der Waals surface area contributed by atoms with Gasteiger partial charge in [0.15, 0.2) is 0 Å². The quantitative estimate of drug-likeness (QED) is 0.927. The fraction of sp³-hybridized carbons (Fsp3) is 0.600. The predicted molar refractivity (Wildman–Crippen MR) is 77.5 cm³/mol. The molecular weight excluding hydrogens is 292 g/mol. The van der Waals surface area contributed by atoms with Crippen LogP contribution in [0.2, 0.25) is 0 Å². The summed E-state index contributed by atoms with van der Waals surface area (Å²) >= 11 is 0. The molecule has 1 aliphatic rings. The Kier molecular flexibility index (Phi) is 4.53. The molecule has 1 aromatic heterocycles. The third kappa shape index (κ3) is 2.71. The Hall–Kier alpha value is -1.92. The van der Waals surface area contributed by atoms with E-state index in [1.165, 1.54) is 24.0 Å². The van der Waals surface area contributed by atoms with Gasteiger partial charge in [-0.05, 0) is 38.3 Å². The molecule has 2 rings (SSSR count). The first-order chi connectivity index (χ1) is 10.3. The van der Waals surface area contributed by atoms with E-state index in [9.17, 15) is 18.4 Å². The molecule has 1 aromatic rings. The number of piperidine rings is 1. The van der Waals surface area contributed by atoms with E-state index in [4.69, 9.17) is 5.73 Å². The molecule has 2 N–H and O–H groups in total. The van der Waals surface area contributed by atoms with Gasteiger partial charge in [0.2, 0.25) is 5.91 Å². The Morgan fingerprint density at radius 3 is 2.64 bits per heavy atom. The van der Waals surface area contributed by atoms with Crippen LogP contribution in [-0.4, -0.2) is 34.4 Å². The highest BCUT2D eigenvalue weighted by molar-refractivity contribution is 5.94. The van der Waals surface area contributed by atoms with Gasteiger partial charge < -0.3 is 10.6 Å². The summed E-state index contributed by atoms with van der Waals surface area (Å²) in [7, 11) is 0. The van der Waals surface area contributed by atoms with Crippen molar-refractivity contribution in [2.24, 2.45) is 11.1 Å². The van der Waals surface area contributed by atoms with Crippen LogP contribution in [0.25, 0.3) is 0 Å². The zero-order valence-corrected chi connectivity index (χ0v) is 12.8. The molecule has 1 fully saturated rings. The molecule has 22 heavy (non-hydrogen) atoms. The molecule has 5 nitrogen and oxygen atoms in total. The molecule has 2 amide bonds. The number of carbonyl (C=O) groups excluding carboxylic acids is 2. The van der Waals surface area contributed by atoms with Crippen LogP contribution in [0.5, 0.6) is 0 Å². The van der Waals surface area contributed by atoms with Gasteiger partial charge >= 0.3 is 6.55 Å². The summed E-state index contributed by atoms with van der Waals surface area (Å²) in [5, 5.41) is 0. The molecule has 2 heterocycles. The van der Waals surface area contributed by atoms with Gasteiger partial charge in [-0.15, -0.1) is 0 Å². The fourth-order valence-corrected chi connectivity index (χ4v) is 3.11. The maximum absolute atomic E-state index is 13.1. The Bertz CT molecular complexity index is 585. The van der Waals surface area contributed by atoms with Crippen LogP contribution in [0.1, 0.15) is 48.9 Å². The summed E-state index contributed by atoms with van der Waals surface area (Å²) in [6.07, 6.45) is 1.79. The predicted octanol–water partition coefficient (Wildman–Crippen LogP) is 2.31. The average molecular weight is 313 g/mol. The van der Waals surface area contributed by atoms with Gasteiger partial charge in [-0.1, -0.05) is 6.92 Å². The molecule has 1 unspecified atom stereocenters. The van der Waals surface area contributed by atoms with Crippen LogP contribution in [0, 0.1) is 12.3 Å². The van der Waals surface area contributed by atoms with Crippen LogP contribution in [-0.2, 0) is 4.79 Å². The molecule has 0 radical (unpaired) electrons. The minimum atomic E-state index is -2.77. The molecule has 122 valence electrons. The van der Waals surface area contributed by atoms with E-state index < -0.39 is 23.8 Å². The summed E-state index contributed by atoms with van der Waals surface area (Å²) in [6, 6.07) is 2.89. The van der Waals surface area contributed by atoms with E-state index in [1.807, 2.05) is 6.92 Å². The lowest BCUT2D eigenvalue weighted by Gasteiger charge is -2.40. The van der Waals surface area contributed by atoms with E-state index in [1.54, 1.807) is 0 Å². The summed E-state index contributed by atoms with van der Waals surface area (Å²) in [6.45, 7) is 1.24. The van der Waals surface area contributed by atoms with E-state index in [2.05, 4.69) is 0 Å². The van der Waals surface area contributed by atoms with Crippen molar-refractivity contribution in [1.29, 1.82) is 0 Å². The third-order valence-corrected chi connectivity index (χ3v) is 4.60. The molecule has 0 saturated carbocycles. The highest BCUT2D eigenvalue weighted by Crippen LogP contribution is 2.34. The molecule has 1 atom stereocenters. The lowest BCUT2D eigenvalue weighted by atomic mass is 9.77. The number of nitrogens with two attached hydrogens (primary N) is 1. The van der Waals surface area contributed by atoms with Crippen LogP contribution in [0.15, 0.2) is 12.1 Å². The van der Waals surface area contributed by atoms with Crippen molar-refractivity contribution in [1.82, 2.24) is 9.47 Å². The van der Waals surface area contributed by atoms with Crippen molar-refractivity contribution in [2.45, 2.75) is 39.7 Å². The van der Waals surface area contributed by atoms with Crippen molar-refractivity contribution < 1.29 is 18.4 Å². The van der Waals surface area contributed by atoms with Crippen molar-refractivity contribution in [3.05, 3.63) is 23.5 Å². The van der Waals surface area contributed by atoms with Crippen LogP contribution < -0.4 is 5.73 Å². The van der Waals surface area contributed by atoms with Crippen LogP contribution in [0.3, 0.4) is 0 Å². The SMILES string of the molecule is CCC1(C(N)=O)CCCN(C(=O)c2ccc(C)n2C(F)F)C1. The normalized spacial score (nSPS) is 22.1. The number of amides is 2.